The average molecular weight is 480 g/mol. The first-order chi connectivity index (χ1) is 17.8. The zero-order valence-corrected chi connectivity index (χ0v) is 20.2. The van der Waals surface area contributed by atoms with Gasteiger partial charge in [0.25, 0.3) is 0 Å². The van der Waals surface area contributed by atoms with E-state index in [9.17, 15) is 5.26 Å². The van der Waals surface area contributed by atoms with Crippen LogP contribution in [0.15, 0.2) is 66.7 Å². The van der Waals surface area contributed by atoms with Crippen molar-refractivity contribution in [3.8, 4) is 34.2 Å². The van der Waals surface area contributed by atoms with Crippen molar-refractivity contribution in [2.45, 2.75) is 18.9 Å². The number of benzene rings is 3. The highest BCUT2D eigenvalue weighted by atomic mass is 16.5. The first-order valence-electron chi connectivity index (χ1n) is 12.6. The zero-order chi connectivity index (χ0) is 24.3. The average Bonchev–Trinajstić information content (AvgIpc) is 3.39. The number of anilines is 1. The summed E-state index contributed by atoms with van der Waals surface area (Å²) in [5.74, 6) is 0.624. The standard InChI is InChI=1S/C30H29N3O3/c31-19-23-17-22(8-11-30(23)36-25-3-2-14-35-20-25)26-4-1-5-28-27(26)18-29(32-28)21-6-9-24(10-7-21)33-12-15-34-16-13-33/h1,4-11,17-18,25,32H,2-3,12-16,20H2. The molecular formula is C30H29N3O3. The molecule has 0 bridgehead atoms. The molecule has 0 spiro atoms. The van der Waals surface area contributed by atoms with E-state index in [4.69, 9.17) is 14.2 Å². The van der Waals surface area contributed by atoms with Gasteiger partial charge in [-0.15, -0.1) is 0 Å². The molecule has 3 heterocycles. The van der Waals surface area contributed by atoms with Gasteiger partial charge in [0.1, 0.15) is 17.9 Å². The summed E-state index contributed by atoms with van der Waals surface area (Å²) in [6.07, 6.45) is 1.94. The molecule has 0 aliphatic carbocycles. The summed E-state index contributed by atoms with van der Waals surface area (Å²) < 4.78 is 17.1. The number of hydrogen-bond acceptors (Lipinski definition) is 5. The van der Waals surface area contributed by atoms with Gasteiger partial charge in [-0.25, -0.2) is 0 Å². The van der Waals surface area contributed by atoms with Gasteiger partial charge in [0.2, 0.25) is 0 Å². The molecule has 6 rings (SSSR count). The quantitative estimate of drug-likeness (QED) is 0.394. The number of hydrogen-bond donors (Lipinski definition) is 1. The molecule has 36 heavy (non-hydrogen) atoms. The molecule has 6 heteroatoms. The van der Waals surface area contributed by atoms with Gasteiger partial charge in [0.15, 0.2) is 0 Å². The summed E-state index contributed by atoms with van der Waals surface area (Å²) in [4.78, 5) is 5.94. The Morgan fingerprint density at radius 2 is 1.75 bits per heavy atom. The molecular weight excluding hydrogens is 450 g/mol. The van der Waals surface area contributed by atoms with Crippen LogP contribution in [-0.4, -0.2) is 50.6 Å². The molecule has 0 amide bonds. The van der Waals surface area contributed by atoms with Gasteiger partial charge in [-0.2, -0.15) is 5.26 Å². The number of nitrogens with zero attached hydrogens (tertiary/aromatic N) is 2. The molecule has 6 nitrogen and oxygen atoms in total. The van der Waals surface area contributed by atoms with Crippen molar-refractivity contribution < 1.29 is 14.2 Å². The van der Waals surface area contributed by atoms with E-state index in [2.05, 4.69) is 64.5 Å². The molecule has 182 valence electrons. The Bertz CT molecular complexity index is 1390. The fourth-order valence-corrected chi connectivity index (χ4v) is 5.11. The predicted octanol–water partition coefficient (Wildman–Crippen LogP) is 5.77. The maximum absolute atomic E-state index is 9.82. The lowest BCUT2D eigenvalue weighted by atomic mass is 9.99. The van der Waals surface area contributed by atoms with E-state index in [1.807, 2.05) is 18.2 Å². The highest BCUT2D eigenvalue weighted by molar-refractivity contribution is 5.98. The second-order valence-electron chi connectivity index (χ2n) is 9.38. The predicted molar refractivity (Wildman–Crippen MR) is 141 cm³/mol. The van der Waals surface area contributed by atoms with Crippen molar-refractivity contribution in [1.82, 2.24) is 4.98 Å². The van der Waals surface area contributed by atoms with Crippen molar-refractivity contribution in [3.63, 3.8) is 0 Å². The summed E-state index contributed by atoms with van der Waals surface area (Å²) in [6.45, 7) is 4.77. The molecule has 2 aliphatic rings. The Labute approximate surface area is 211 Å². The van der Waals surface area contributed by atoms with Crippen molar-refractivity contribution in [2.24, 2.45) is 0 Å². The Balaban J connectivity index is 1.29. The number of nitrogens with one attached hydrogen (secondary N) is 1. The Hall–Kier alpha value is -3.79. The van der Waals surface area contributed by atoms with Crippen LogP contribution in [0, 0.1) is 11.3 Å². The first kappa shape index (κ1) is 22.7. The highest BCUT2D eigenvalue weighted by Gasteiger charge is 2.18. The van der Waals surface area contributed by atoms with Crippen LogP contribution in [0.2, 0.25) is 0 Å². The van der Waals surface area contributed by atoms with Crippen LogP contribution >= 0.6 is 0 Å². The molecule has 0 saturated carbocycles. The van der Waals surface area contributed by atoms with Gasteiger partial charge in [0.05, 0.1) is 25.4 Å². The van der Waals surface area contributed by atoms with E-state index in [0.29, 0.717) is 17.9 Å². The molecule has 2 aliphatic heterocycles. The second-order valence-corrected chi connectivity index (χ2v) is 9.38. The normalized spacial score (nSPS) is 18.2. The van der Waals surface area contributed by atoms with E-state index in [-0.39, 0.29) is 6.10 Å². The summed E-state index contributed by atoms with van der Waals surface area (Å²) in [5, 5.41) is 11.0. The van der Waals surface area contributed by atoms with E-state index >= 15 is 0 Å². The zero-order valence-electron chi connectivity index (χ0n) is 20.2. The van der Waals surface area contributed by atoms with Gasteiger partial charge < -0.3 is 24.1 Å². The lowest BCUT2D eigenvalue weighted by molar-refractivity contribution is 0.00732. The Morgan fingerprint density at radius 1 is 0.917 bits per heavy atom. The van der Waals surface area contributed by atoms with Crippen LogP contribution in [0.25, 0.3) is 33.3 Å². The van der Waals surface area contributed by atoms with Gasteiger partial charge in [-0.3, -0.25) is 0 Å². The lowest BCUT2D eigenvalue weighted by Gasteiger charge is -2.28. The van der Waals surface area contributed by atoms with Crippen LogP contribution in [0.3, 0.4) is 0 Å². The number of aromatic nitrogens is 1. The van der Waals surface area contributed by atoms with Crippen molar-refractivity contribution >= 4 is 16.6 Å². The molecule has 2 saturated heterocycles. The number of fused-ring (bicyclic) bond motifs is 1. The highest BCUT2D eigenvalue weighted by Crippen LogP contribution is 2.35. The molecule has 0 radical (unpaired) electrons. The van der Waals surface area contributed by atoms with Gasteiger partial charge in [0, 0.05) is 42.0 Å². The topological polar surface area (TPSA) is 70.5 Å². The Morgan fingerprint density at radius 3 is 2.53 bits per heavy atom. The lowest BCUT2D eigenvalue weighted by Crippen LogP contribution is -2.36. The van der Waals surface area contributed by atoms with Crippen molar-refractivity contribution in [2.75, 3.05) is 44.4 Å². The minimum absolute atomic E-state index is 0.00185. The van der Waals surface area contributed by atoms with Crippen LogP contribution in [0.5, 0.6) is 5.75 Å². The minimum atomic E-state index is 0.00185. The molecule has 1 unspecified atom stereocenters. The fourth-order valence-electron chi connectivity index (χ4n) is 5.11. The van der Waals surface area contributed by atoms with Crippen LogP contribution in [0.4, 0.5) is 5.69 Å². The minimum Gasteiger partial charge on any atom is -0.487 e. The summed E-state index contributed by atoms with van der Waals surface area (Å²) in [7, 11) is 0. The third-order valence-corrected chi connectivity index (χ3v) is 7.04. The summed E-state index contributed by atoms with van der Waals surface area (Å²) in [6, 6.07) is 25.4. The summed E-state index contributed by atoms with van der Waals surface area (Å²) >= 11 is 0. The van der Waals surface area contributed by atoms with Gasteiger partial charge >= 0.3 is 0 Å². The number of morpholine rings is 1. The fraction of sp³-hybridized carbons (Fsp3) is 0.300. The van der Waals surface area contributed by atoms with Gasteiger partial charge in [-0.05, 0) is 65.9 Å². The smallest absolute Gasteiger partial charge is 0.137 e. The first-order valence-corrected chi connectivity index (χ1v) is 12.6. The second kappa shape index (κ2) is 10.1. The van der Waals surface area contributed by atoms with E-state index in [1.54, 1.807) is 0 Å². The molecule has 1 atom stereocenters. The maximum Gasteiger partial charge on any atom is 0.137 e. The summed E-state index contributed by atoms with van der Waals surface area (Å²) in [5.41, 5.74) is 7.14. The van der Waals surface area contributed by atoms with E-state index in [1.165, 1.54) is 5.69 Å². The van der Waals surface area contributed by atoms with E-state index < -0.39 is 0 Å². The van der Waals surface area contributed by atoms with Crippen molar-refractivity contribution in [1.29, 1.82) is 5.26 Å². The Kier molecular flexibility index (Phi) is 6.33. The molecule has 4 aromatic rings. The van der Waals surface area contributed by atoms with Crippen LogP contribution in [-0.2, 0) is 9.47 Å². The molecule has 3 aromatic carbocycles. The largest absolute Gasteiger partial charge is 0.487 e. The number of aromatic amines is 1. The number of nitriles is 1. The number of ether oxygens (including phenoxy) is 3. The van der Waals surface area contributed by atoms with Crippen LogP contribution in [0.1, 0.15) is 18.4 Å². The monoisotopic (exact) mass is 479 g/mol. The number of H-pyrrole nitrogens is 1. The molecule has 1 aromatic heterocycles. The maximum atomic E-state index is 9.82. The number of rotatable bonds is 5. The molecule has 1 N–H and O–H groups in total. The van der Waals surface area contributed by atoms with E-state index in [0.717, 1.165) is 79.0 Å². The molecule has 2 fully saturated rings. The third kappa shape index (κ3) is 4.56. The van der Waals surface area contributed by atoms with Crippen molar-refractivity contribution in [3.05, 3.63) is 72.3 Å². The van der Waals surface area contributed by atoms with Crippen LogP contribution < -0.4 is 9.64 Å². The van der Waals surface area contributed by atoms with Gasteiger partial charge in [-0.1, -0.05) is 30.3 Å². The third-order valence-electron chi connectivity index (χ3n) is 7.04. The SMILES string of the molecule is N#Cc1cc(-c2cccc3[nH]c(-c4ccc(N5CCOCC5)cc4)cc23)ccc1OC1CCCOC1.